The summed E-state index contributed by atoms with van der Waals surface area (Å²) in [7, 11) is 0. The van der Waals surface area contributed by atoms with Gasteiger partial charge in [0.15, 0.2) is 0 Å². The lowest BCUT2D eigenvalue weighted by Gasteiger charge is -2.22. The van der Waals surface area contributed by atoms with E-state index in [0.717, 1.165) is 64.2 Å². The molecule has 0 aliphatic heterocycles. The molecular formula is C69H127NO3. The lowest BCUT2D eigenvalue weighted by Crippen LogP contribution is -2.45. The number of hydrogen-bond acceptors (Lipinski definition) is 3. The highest BCUT2D eigenvalue weighted by Crippen LogP contribution is 2.18. The van der Waals surface area contributed by atoms with E-state index in [1.807, 2.05) is 0 Å². The third-order valence-corrected chi connectivity index (χ3v) is 15.0. The quantitative estimate of drug-likeness (QED) is 0.0420. The number of nitrogens with one attached hydrogen (secondary N) is 1. The summed E-state index contributed by atoms with van der Waals surface area (Å²) in [5.41, 5.74) is 0. The van der Waals surface area contributed by atoms with E-state index in [4.69, 9.17) is 0 Å². The maximum absolute atomic E-state index is 12.5. The van der Waals surface area contributed by atoms with E-state index in [-0.39, 0.29) is 12.5 Å². The van der Waals surface area contributed by atoms with Crippen LogP contribution >= 0.6 is 0 Å². The zero-order valence-electron chi connectivity index (χ0n) is 49.2. The Bertz CT molecular complexity index is 1250. The Kier molecular flexibility index (Phi) is 62.2. The van der Waals surface area contributed by atoms with Crippen molar-refractivity contribution in [3.63, 3.8) is 0 Å². The molecule has 0 heterocycles. The van der Waals surface area contributed by atoms with Crippen molar-refractivity contribution in [3.05, 3.63) is 72.9 Å². The molecule has 426 valence electrons. The summed E-state index contributed by atoms with van der Waals surface area (Å²) in [6.07, 6.45) is 92.1. The number of amides is 1. The monoisotopic (exact) mass is 1020 g/mol. The van der Waals surface area contributed by atoms with Crippen LogP contribution in [-0.2, 0) is 4.79 Å². The largest absolute Gasteiger partial charge is 0.394 e. The number of allylic oxidation sites excluding steroid dienone is 12. The van der Waals surface area contributed by atoms with E-state index < -0.39 is 12.1 Å². The van der Waals surface area contributed by atoms with Crippen molar-refractivity contribution in [2.45, 2.75) is 353 Å². The van der Waals surface area contributed by atoms with Crippen molar-refractivity contribution >= 4 is 5.91 Å². The fraction of sp³-hybridized carbons (Fsp3) is 0.812. The van der Waals surface area contributed by atoms with Crippen molar-refractivity contribution in [1.29, 1.82) is 0 Å². The minimum absolute atomic E-state index is 0.0278. The molecule has 4 heteroatoms. The average molecular weight is 1020 g/mol. The zero-order chi connectivity index (χ0) is 52.7. The van der Waals surface area contributed by atoms with Crippen LogP contribution in [0.2, 0.25) is 0 Å². The first-order valence-electron chi connectivity index (χ1n) is 32.6. The fourth-order valence-corrected chi connectivity index (χ4v) is 10.1. The molecule has 0 aliphatic rings. The highest BCUT2D eigenvalue weighted by molar-refractivity contribution is 5.76. The van der Waals surface area contributed by atoms with Crippen LogP contribution in [0.15, 0.2) is 72.9 Å². The average Bonchev–Trinajstić information content (AvgIpc) is 3.40. The van der Waals surface area contributed by atoms with Crippen LogP contribution < -0.4 is 5.32 Å². The molecule has 1 amide bonds. The SMILES string of the molecule is CC/C=C\C/C=C\C/C=C\C/C=C\C/C=C\C/C=C\CCCCCCCCCCCCCCCCCCC(=O)NC(CO)C(O)CCCCCCCCCCCCCCCCCCCCCCCCCCCC. The summed E-state index contributed by atoms with van der Waals surface area (Å²) in [6, 6.07) is -0.540. The lowest BCUT2D eigenvalue weighted by atomic mass is 10.0. The van der Waals surface area contributed by atoms with Gasteiger partial charge in [-0.3, -0.25) is 4.79 Å². The maximum Gasteiger partial charge on any atom is 0.220 e. The number of aliphatic hydroxyl groups is 2. The van der Waals surface area contributed by atoms with Crippen LogP contribution in [0, 0.1) is 0 Å². The molecule has 0 aromatic heterocycles. The van der Waals surface area contributed by atoms with E-state index in [0.29, 0.717) is 12.8 Å². The van der Waals surface area contributed by atoms with Crippen molar-refractivity contribution in [2.75, 3.05) is 6.61 Å². The zero-order valence-corrected chi connectivity index (χ0v) is 49.2. The summed E-state index contributed by atoms with van der Waals surface area (Å²) in [5, 5.41) is 23.4. The fourth-order valence-electron chi connectivity index (χ4n) is 10.1. The highest BCUT2D eigenvalue weighted by Gasteiger charge is 2.20. The summed E-state index contributed by atoms with van der Waals surface area (Å²) < 4.78 is 0. The van der Waals surface area contributed by atoms with Gasteiger partial charge in [0, 0.05) is 6.42 Å². The van der Waals surface area contributed by atoms with Crippen LogP contribution in [0.3, 0.4) is 0 Å². The summed E-state index contributed by atoms with van der Waals surface area (Å²) in [4.78, 5) is 12.5. The van der Waals surface area contributed by atoms with Crippen molar-refractivity contribution < 1.29 is 15.0 Å². The number of rotatable bonds is 60. The molecule has 73 heavy (non-hydrogen) atoms. The first-order valence-corrected chi connectivity index (χ1v) is 32.6. The second kappa shape index (κ2) is 64.1. The van der Waals surface area contributed by atoms with Gasteiger partial charge in [-0.25, -0.2) is 0 Å². The predicted molar refractivity (Wildman–Crippen MR) is 327 cm³/mol. The molecule has 0 rings (SSSR count). The Morgan fingerprint density at radius 3 is 0.904 bits per heavy atom. The molecule has 3 N–H and O–H groups in total. The molecule has 0 bridgehead atoms. The number of carbonyl (C=O) groups excluding carboxylic acids is 1. The molecule has 2 atom stereocenters. The van der Waals surface area contributed by atoms with Crippen LogP contribution in [0.4, 0.5) is 0 Å². The van der Waals surface area contributed by atoms with Crippen LogP contribution in [0.1, 0.15) is 341 Å². The minimum atomic E-state index is -0.663. The number of hydrogen-bond donors (Lipinski definition) is 3. The van der Waals surface area contributed by atoms with Crippen molar-refractivity contribution in [3.8, 4) is 0 Å². The van der Waals surface area contributed by atoms with Gasteiger partial charge in [0.1, 0.15) is 0 Å². The molecule has 0 aromatic rings. The number of carbonyl (C=O) groups is 1. The van der Waals surface area contributed by atoms with Gasteiger partial charge < -0.3 is 15.5 Å². The summed E-state index contributed by atoms with van der Waals surface area (Å²) >= 11 is 0. The summed E-state index contributed by atoms with van der Waals surface area (Å²) in [5.74, 6) is -0.0278. The molecule has 4 nitrogen and oxygen atoms in total. The molecule has 0 radical (unpaired) electrons. The maximum atomic E-state index is 12.5. The number of aliphatic hydroxyl groups excluding tert-OH is 2. The predicted octanol–water partition coefficient (Wildman–Crippen LogP) is 22.1. The van der Waals surface area contributed by atoms with Gasteiger partial charge >= 0.3 is 0 Å². The highest BCUT2D eigenvalue weighted by atomic mass is 16.3. The Morgan fingerprint density at radius 2 is 0.603 bits per heavy atom. The van der Waals surface area contributed by atoms with Gasteiger partial charge in [-0.2, -0.15) is 0 Å². The molecule has 0 saturated heterocycles. The van der Waals surface area contributed by atoms with Gasteiger partial charge in [-0.15, -0.1) is 0 Å². The standard InChI is InChI=1S/C69H127NO3/c1-3-5-7-9-11-13-15-17-19-21-23-25-27-29-31-32-33-34-35-36-37-38-39-41-43-45-47-49-51-53-55-57-59-61-63-65-69(73)70-67(66-71)68(72)64-62-60-58-56-54-52-50-48-46-44-42-40-30-28-26-24-22-20-18-16-14-12-10-8-6-4-2/h5,7,11,13,17,19,23,25,29,31,33-34,67-68,71-72H,3-4,6,8-10,12,14-16,18,20-22,24,26-28,30,32,35-66H2,1-2H3,(H,70,73)/b7-5-,13-11-,19-17-,25-23-,31-29-,34-33-. The second-order valence-electron chi connectivity index (χ2n) is 22.2. The Hall–Kier alpha value is -2.17. The van der Waals surface area contributed by atoms with E-state index in [2.05, 4.69) is 92.1 Å². The first-order chi connectivity index (χ1) is 36.2. The molecule has 2 unspecified atom stereocenters. The van der Waals surface area contributed by atoms with Gasteiger partial charge in [0.2, 0.25) is 5.91 Å². The van der Waals surface area contributed by atoms with Gasteiger partial charge in [0.05, 0.1) is 18.8 Å². The summed E-state index contributed by atoms with van der Waals surface area (Å²) in [6.45, 7) is 4.28. The Morgan fingerprint density at radius 1 is 0.342 bits per heavy atom. The minimum Gasteiger partial charge on any atom is -0.394 e. The van der Waals surface area contributed by atoms with Crippen LogP contribution in [0.25, 0.3) is 0 Å². The molecule has 0 aliphatic carbocycles. The smallest absolute Gasteiger partial charge is 0.220 e. The normalized spacial score (nSPS) is 13.2. The van der Waals surface area contributed by atoms with E-state index in [1.54, 1.807) is 0 Å². The molecular weight excluding hydrogens is 891 g/mol. The van der Waals surface area contributed by atoms with Gasteiger partial charge in [-0.05, 0) is 64.2 Å². The second-order valence-corrected chi connectivity index (χ2v) is 22.2. The lowest BCUT2D eigenvalue weighted by molar-refractivity contribution is -0.123. The first kappa shape index (κ1) is 70.8. The van der Waals surface area contributed by atoms with E-state index >= 15 is 0 Å². The third kappa shape index (κ3) is 60.6. The Balaban J connectivity index is 3.44. The molecule has 0 fully saturated rings. The Labute approximate surface area is 457 Å². The van der Waals surface area contributed by atoms with Crippen molar-refractivity contribution in [2.24, 2.45) is 0 Å². The van der Waals surface area contributed by atoms with Crippen LogP contribution in [0.5, 0.6) is 0 Å². The van der Waals surface area contributed by atoms with Crippen molar-refractivity contribution in [1.82, 2.24) is 5.32 Å². The van der Waals surface area contributed by atoms with Gasteiger partial charge in [0.25, 0.3) is 0 Å². The molecule has 0 saturated carbocycles. The molecule has 0 aromatic carbocycles. The van der Waals surface area contributed by atoms with Gasteiger partial charge in [-0.1, -0.05) is 344 Å². The third-order valence-electron chi connectivity index (χ3n) is 15.0. The topological polar surface area (TPSA) is 69.6 Å². The van der Waals surface area contributed by atoms with E-state index in [9.17, 15) is 15.0 Å². The molecule has 0 spiro atoms. The number of unbranched alkanes of at least 4 members (excludes halogenated alkanes) is 41. The van der Waals surface area contributed by atoms with Crippen LogP contribution in [-0.4, -0.2) is 34.9 Å². The van der Waals surface area contributed by atoms with E-state index in [1.165, 1.54) is 250 Å².